The van der Waals surface area contributed by atoms with Gasteiger partial charge in [0.25, 0.3) is 5.91 Å². The van der Waals surface area contributed by atoms with E-state index in [2.05, 4.69) is 21.2 Å². The van der Waals surface area contributed by atoms with Crippen LogP contribution in [0, 0.1) is 0 Å². The maximum absolute atomic E-state index is 12.6. The minimum atomic E-state index is -4.50. The van der Waals surface area contributed by atoms with E-state index in [4.69, 9.17) is 0 Å². The Bertz CT molecular complexity index is 1030. The molecule has 1 heterocycles. The van der Waals surface area contributed by atoms with Gasteiger partial charge in [0.15, 0.2) is 0 Å². The Kier molecular flexibility index (Phi) is 5.57. The van der Waals surface area contributed by atoms with Gasteiger partial charge in [-0.25, -0.2) is 4.79 Å². The summed E-state index contributed by atoms with van der Waals surface area (Å²) in [5.74, 6) is -1.91. The summed E-state index contributed by atoms with van der Waals surface area (Å²) < 4.78 is 38.7. The minimum Gasteiger partial charge on any atom is -0.478 e. The topological polar surface area (TPSA) is 66.4 Å². The second-order valence-electron chi connectivity index (χ2n) is 5.69. The van der Waals surface area contributed by atoms with Crippen molar-refractivity contribution in [2.24, 2.45) is 0 Å². The Morgan fingerprint density at radius 2 is 1.61 bits per heavy atom. The average Bonchev–Trinajstić information content (AvgIpc) is 3.05. The number of carbonyl (C=O) groups excluding carboxylic acids is 1. The number of carboxylic acid groups (broad SMARTS) is 1. The second-order valence-corrected chi connectivity index (χ2v) is 7.49. The molecule has 0 aliphatic carbocycles. The Hall–Kier alpha value is -2.65. The van der Waals surface area contributed by atoms with E-state index in [-0.39, 0.29) is 16.1 Å². The van der Waals surface area contributed by atoms with Gasteiger partial charge in [-0.1, -0.05) is 28.1 Å². The zero-order valence-corrected chi connectivity index (χ0v) is 16.3. The molecule has 144 valence electrons. The fourth-order valence-electron chi connectivity index (χ4n) is 2.49. The van der Waals surface area contributed by atoms with E-state index in [0.717, 1.165) is 40.1 Å². The van der Waals surface area contributed by atoms with Crippen molar-refractivity contribution in [1.29, 1.82) is 0 Å². The summed E-state index contributed by atoms with van der Waals surface area (Å²) in [6.45, 7) is 0. The number of rotatable bonds is 4. The third-order valence-corrected chi connectivity index (χ3v) is 5.29. The maximum Gasteiger partial charge on any atom is 0.416 e. The molecule has 2 aromatic carbocycles. The third kappa shape index (κ3) is 4.26. The molecule has 0 bridgehead atoms. The van der Waals surface area contributed by atoms with E-state index in [9.17, 15) is 27.9 Å². The molecule has 0 aliphatic heterocycles. The summed E-state index contributed by atoms with van der Waals surface area (Å²) in [6, 6.07) is 10.7. The van der Waals surface area contributed by atoms with E-state index < -0.39 is 23.6 Å². The van der Waals surface area contributed by atoms with Gasteiger partial charge in [0.05, 0.1) is 5.56 Å². The summed E-state index contributed by atoms with van der Waals surface area (Å²) in [7, 11) is 0. The van der Waals surface area contributed by atoms with Crippen molar-refractivity contribution in [2.45, 2.75) is 6.18 Å². The number of carbonyl (C=O) groups is 2. The lowest BCUT2D eigenvalue weighted by Gasteiger charge is -2.08. The first-order valence-corrected chi connectivity index (χ1v) is 9.43. The van der Waals surface area contributed by atoms with Gasteiger partial charge in [-0.15, -0.1) is 11.3 Å². The van der Waals surface area contributed by atoms with Gasteiger partial charge in [-0.05, 0) is 42.0 Å². The first-order chi connectivity index (χ1) is 13.2. The van der Waals surface area contributed by atoms with E-state index >= 15 is 0 Å². The number of amides is 1. The molecule has 0 fully saturated rings. The molecule has 0 radical (unpaired) electrons. The molecular weight excluding hydrogens is 459 g/mol. The number of halogens is 4. The summed E-state index contributed by atoms with van der Waals surface area (Å²) in [6.07, 6.45) is -4.50. The van der Waals surface area contributed by atoms with Crippen LogP contribution in [0.25, 0.3) is 11.1 Å². The number of aromatic carboxylic acids is 1. The lowest BCUT2D eigenvalue weighted by Crippen LogP contribution is -2.14. The largest absolute Gasteiger partial charge is 0.478 e. The highest BCUT2D eigenvalue weighted by Crippen LogP contribution is 2.36. The number of nitrogens with one attached hydrogen (secondary N) is 1. The number of carboxylic acids is 1. The molecule has 0 atom stereocenters. The van der Waals surface area contributed by atoms with Gasteiger partial charge >= 0.3 is 12.1 Å². The highest BCUT2D eigenvalue weighted by molar-refractivity contribution is 9.10. The van der Waals surface area contributed by atoms with Crippen molar-refractivity contribution in [1.82, 2.24) is 0 Å². The molecule has 4 nitrogen and oxygen atoms in total. The summed E-state index contributed by atoms with van der Waals surface area (Å²) in [5.41, 5.74) is 0.138. The van der Waals surface area contributed by atoms with Crippen molar-refractivity contribution in [3.63, 3.8) is 0 Å². The van der Waals surface area contributed by atoms with Crippen LogP contribution in [0.3, 0.4) is 0 Å². The maximum atomic E-state index is 12.6. The van der Waals surface area contributed by atoms with Gasteiger partial charge in [0, 0.05) is 21.0 Å². The van der Waals surface area contributed by atoms with Gasteiger partial charge in [0.2, 0.25) is 0 Å². The molecule has 0 saturated heterocycles. The number of alkyl halides is 3. The summed E-state index contributed by atoms with van der Waals surface area (Å²) >= 11 is 4.33. The highest BCUT2D eigenvalue weighted by atomic mass is 79.9. The summed E-state index contributed by atoms with van der Waals surface area (Å²) in [5, 5.41) is 13.8. The molecule has 28 heavy (non-hydrogen) atoms. The summed E-state index contributed by atoms with van der Waals surface area (Å²) in [4.78, 5) is 24.1. The molecule has 1 aromatic heterocycles. The van der Waals surface area contributed by atoms with Crippen LogP contribution in [-0.4, -0.2) is 17.0 Å². The zero-order valence-electron chi connectivity index (χ0n) is 13.9. The van der Waals surface area contributed by atoms with Gasteiger partial charge in [-0.3, -0.25) is 4.79 Å². The Morgan fingerprint density at radius 3 is 2.14 bits per heavy atom. The lowest BCUT2D eigenvalue weighted by atomic mass is 10.0. The predicted octanol–water partition coefficient (Wildman–Crippen LogP) is 6.15. The number of hydrogen-bond donors (Lipinski definition) is 2. The van der Waals surface area contributed by atoms with Crippen molar-refractivity contribution < 1.29 is 27.9 Å². The Labute approximate surface area is 169 Å². The van der Waals surface area contributed by atoms with Gasteiger partial charge in [0.1, 0.15) is 10.6 Å². The van der Waals surface area contributed by atoms with Crippen LogP contribution in [0.1, 0.15) is 26.3 Å². The number of anilines is 1. The molecule has 0 aliphatic rings. The number of benzene rings is 2. The van der Waals surface area contributed by atoms with Crippen molar-refractivity contribution >= 4 is 44.1 Å². The fraction of sp³-hybridized carbons (Fsp3) is 0.0526. The SMILES string of the molecule is O=C(Nc1scc(-c2ccc(Br)cc2)c1C(=O)O)c1ccc(C(F)(F)F)cc1. The molecule has 1 amide bonds. The number of thiophene rings is 1. The fourth-order valence-corrected chi connectivity index (χ4v) is 3.71. The second kappa shape index (κ2) is 7.76. The van der Waals surface area contributed by atoms with Crippen LogP contribution in [0.4, 0.5) is 18.2 Å². The molecule has 0 unspecified atom stereocenters. The quantitative estimate of drug-likeness (QED) is 0.481. The van der Waals surface area contributed by atoms with Crippen LogP contribution >= 0.6 is 27.3 Å². The molecular formula is C19H11BrF3NO3S. The first kappa shape index (κ1) is 20.1. The van der Waals surface area contributed by atoms with Crippen LogP contribution in [0.15, 0.2) is 58.4 Å². The highest BCUT2D eigenvalue weighted by Gasteiger charge is 2.30. The monoisotopic (exact) mass is 469 g/mol. The van der Waals surface area contributed by atoms with Crippen molar-refractivity contribution in [3.8, 4) is 11.1 Å². The van der Waals surface area contributed by atoms with E-state index in [0.29, 0.717) is 11.1 Å². The molecule has 3 rings (SSSR count). The molecule has 3 aromatic rings. The molecule has 0 saturated carbocycles. The van der Waals surface area contributed by atoms with Crippen LogP contribution in [0.5, 0.6) is 0 Å². The first-order valence-electron chi connectivity index (χ1n) is 7.76. The van der Waals surface area contributed by atoms with E-state index in [1.54, 1.807) is 29.6 Å². The van der Waals surface area contributed by atoms with Crippen molar-refractivity contribution in [2.75, 3.05) is 5.32 Å². The average molecular weight is 470 g/mol. The zero-order chi connectivity index (χ0) is 20.5. The molecule has 9 heteroatoms. The normalized spacial score (nSPS) is 11.3. The van der Waals surface area contributed by atoms with E-state index in [1.807, 2.05) is 0 Å². The molecule has 0 spiro atoms. The van der Waals surface area contributed by atoms with Crippen LogP contribution in [-0.2, 0) is 6.18 Å². The Balaban J connectivity index is 1.89. The van der Waals surface area contributed by atoms with Gasteiger partial charge < -0.3 is 10.4 Å². The smallest absolute Gasteiger partial charge is 0.416 e. The van der Waals surface area contributed by atoms with Gasteiger partial charge in [-0.2, -0.15) is 13.2 Å². The number of hydrogen-bond acceptors (Lipinski definition) is 3. The van der Waals surface area contributed by atoms with Crippen molar-refractivity contribution in [3.05, 3.63) is 75.1 Å². The Morgan fingerprint density at radius 1 is 1.00 bits per heavy atom. The lowest BCUT2D eigenvalue weighted by molar-refractivity contribution is -0.137. The molecule has 2 N–H and O–H groups in total. The van der Waals surface area contributed by atoms with E-state index in [1.165, 1.54) is 0 Å². The van der Waals surface area contributed by atoms with Crippen LogP contribution < -0.4 is 5.32 Å². The standard InChI is InChI=1S/C19H11BrF3NO3S/c20-13-7-3-10(4-8-13)14-9-28-17(15(14)18(26)27)24-16(25)11-1-5-12(6-2-11)19(21,22)23/h1-9H,(H,24,25)(H,26,27). The van der Waals surface area contributed by atoms with Crippen LogP contribution in [0.2, 0.25) is 0 Å². The minimum absolute atomic E-state index is 0.0112. The third-order valence-electron chi connectivity index (χ3n) is 3.86. The predicted molar refractivity (Wildman–Crippen MR) is 104 cm³/mol.